The van der Waals surface area contributed by atoms with E-state index in [1.807, 2.05) is 6.92 Å². The highest BCUT2D eigenvalue weighted by atomic mass is 35.5. The van der Waals surface area contributed by atoms with Gasteiger partial charge in [-0.2, -0.15) is 13.2 Å². The molecule has 28 heavy (non-hydrogen) atoms. The second-order valence-electron chi connectivity index (χ2n) is 6.19. The SMILES string of the molecule is CCC[C@@H](NC(=O)CNC(=O)c1ccccc1Cl)c1cccc(C(F)(F)F)c1. The van der Waals surface area contributed by atoms with Gasteiger partial charge in [0.25, 0.3) is 5.91 Å². The fourth-order valence-electron chi connectivity index (χ4n) is 2.69. The Morgan fingerprint density at radius 3 is 2.46 bits per heavy atom. The largest absolute Gasteiger partial charge is 0.416 e. The summed E-state index contributed by atoms with van der Waals surface area (Å²) in [5, 5.41) is 5.40. The monoisotopic (exact) mass is 412 g/mol. The molecule has 0 bridgehead atoms. The lowest BCUT2D eigenvalue weighted by Crippen LogP contribution is -2.38. The van der Waals surface area contributed by atoms with Crippen LogP contribution in [0.1, 0.15) is 47.3 Å². The molecule has 2 N–H and O–H groups in total. The Morgan fingerprint density at radius 1 is 1.11 bits per heavy atom. The minimum Gasteiger partial charge on any atom is -0.348 e. The van der Waals surface area contributed by atoms with Gasteiger partial charge in [0.2, 0.25) is 5.91 Å². The predicted molar refractivity (Wildman–Crippen MR) is 101 cm³/mol. The summed E-state index contributed by atoms with van der Waals surface area (Å²) in [5.74, 6) is -1.01. The average molecular weight is 413 g/mol. The van der Waals surface area contributed by atoms with Crippen LogP contribution >= 0.6 is 11.6 Å². The van der Waals surface area contributed by atoms with Gasteiger partial charge in [-0.1, -0.05) is 49.2 Å². The number of hydrogen-bond acceptors (Lipinski definition) is 2. The summed E-state index contributed by atoms with van der Waals surface area (Å²) in [6.07, 6.45) is -3.33. The molecule has 2 amide bonds. The van der Waals surface area contributed by atoms with Crippen LogP contribution in [-0.2, 0) is 11.0 Å². The Balaban J connectivity index is 2.03. The lowest BCUT2D eigenvalue weighted by molar-refractivity contribution is -0.137. The van der Waals surface area contributed by atoms with Crippen LogP contribution in [0.2, 0.25) is 5.02 Å². The van der Waals surface area contributed by atoms with E-state index in [4.69, 9.17) is 11.6 Å². The van der Waals surface area contributed by atoms with E-state index in [9.17, 15) is 22.8 Å². The van der Waals surface area contributed by atoms with Crippen molar-refractivity contribution in [2.75, 3.05) is 6.54 Å². The smallest absolute Gasteiger partial charge is 0.348 e. The maximum atomic E-state index is 12.9. The van der Waals surface area contributed by atoms with E-state index in [-0.39, 0.29) is 17.1 Å². The molecule has 8 heteroatoms. The first kappa shape index (κ1) is 21.8. The summed E-state index contributed by atoms with van der Waals surface area (Å²) in [4.78, 5) is 24.3. The minimum atomic E-state index is -4.46. The van der Waals surface area contributed by atoms with Gasteiger partial charge in [-0.15, -0.1) is 0 Å². The van der Waals surface area contributed by atoms with Crippen LogP contribution in [-0.4, -0.2) is 18.4 Å². The maximum absolute atomic E-state index is 12.9. The molecule has 150 valence electrons. The summed E-state index contributed by atoms with van der Waals surface area (Å²) >= 11 is 5.94. The van der Waals surface area contributed by atoms with Crippen molar-refractivity contribution in [2.45, 2.75) is 32.0 Å². The van der Waals surface area contributed by atoms with Crippen molar-refractivity contribution >= 4 is 23.4 Å². The highest BCUT2D eigenvalue weighted by Crippen LogP contribution is 2.31. The number of alkyl halides is 3. The van der Waals surface area contributed by atoms with Gasteiger partial charge in [-0.05, 0) is 36.2 Å². The molecule has 0 aliphatic rings. The second kappa shape index (κ2) is 9.59. The predicted octanol–water partition coefficient (Wildman–Crippen LogP) is 4.75. The summed E-state index contributed by atoms with van der Waals surface area (Å²) in [6, 6.07) is 10.7. The van der Waals surface area contributed by atoms with Gasteiger partial charge in [-0.3, -0.25) is 9.59 Å². The van der Waals surface area contributed by atoms with Crippen molar-refractivity contribution in [3.05, 3.63) is 70.2 Å². The number of nitrogens with one attached hydrogen (secondary N) is 2. The number of carbonyl (C=O) groups excluding carboxylic acids is 2. The number of carbonyl (C=O) groups is 2. The van der Waals surface area contributed by atoms with Gasteiger partial charge in [0.15, 0.2) is 0 Å². The first-order valence-electron chi connectivity index (χ1n) is 8.71. The third-order valence-corrected chi connectivity index (χ3v) is 4.39. The van der Waals surface area contributed by atoms with Crippen molar-refractivity contribution in [1.82, 2.24) is 10.6 Å². The lowest BCUT2D eigenvalue weighted by atomic mass is 10.00. The van der Waals surface area contributed by atoms with E-state index >= 15 is 0 Å². The minimum absolute atomic E-state index is 0.236. The van der Waals surface area contributed by atoms with E-state index in [2.05, 4.69) is 10.6 Å². The van der Waals surface area contributed by atoms with Gasteiger partial charge in [0.05, 0.1) is 28.7 Å². The zero-order valence-corrected chi connectivity index (χ0v) is 15.9. The lowest BCUT2D eigenvalue weighted by Gasteiger charge is -2.20. The Morgan fingerprint density at radius 2 is 1.82 bits per heavy atom. The van der Waals surface area contributed by atoms with Crippen LogP contribution in [0.5, 0.6) is 0 Å². The van der Waals surface area contributed by atoms with Crippen LogP contribution in [0.4, 0.5) is 13.2 Å². The summed E-state index contributed by atoms with van der Waals surface area (Å²) in [6.45, 7) is 1.55. The molecule has 0 saturated carbocycles. The van der Waals surface area contributed by atoms with Crippen LogP contribution in [0.3, 0.4) is 0 Å². The highest BCUT2D eigenvalue weighted by Gasteiger charge is 2.31. The first-order chi connectivity index (χ1) is 13.2. The molecular weight excluding hydrogens is 393 g/mol. The highest BCUT2D eigenvalue weighted by molar-refractivity contribution is 6.33. The molecule has 2 aromatic rings. The topological polar surface area (TPSA) is 58.2 Å². The number of benzene rings is 2. The average Bonchev–Trinajstić information content (AvgIpc) is 2.65. The molecule has 0 aliphatic carbocycles. The molecule has 4 nitrogen and oxygen atoms in total. The normalized spacial score (nSPS) is 12.3. The van der Waals surface area contributed by atoms with Crippen molar-refractivity contribution < 1.29 is 22.8 Å². The van der Waals surface area contributed by atoms with E-state index in [0.717, 1.165) is 12.1 Å². The van der Waals surface area contributed by atoms with E-state index < -0.39 is 29.6 Å². The summed E-state index contributed by atoms with van der Waals surface area (Å²) in [7, 11) is 0. The quantitative estimate of drug-likeness (QED) is 0.689. The third-order valence-electron chi connectivity index (χ3n) is 4.06. The zero-order chi connectivity index (χ0) is 20.7. The number of amides is 2. The molecule has 0 unspecified atom stereocenters. The summed E-state index contributed by atoms with van der Waals surface area (Å²) < 4.78 is 38.8. The molecule has 0 aromatic heterocycles. The van der Waals surface area contributed by atoms with Gasteiger partial charge in [0.1, 0.15) is 0 Å². The molecule has 0 fully saturated rings. The van der Waals surface area contributed by atoms with Crippen molar-refractivity contribution in [3.63, 3.8) is 0 Å². The van der Waals surface area contributed by atoms with E-state index in [1.165, 1.54) is 18.2 Å². The van der Waals surface area contributed by atoms with Gasteiger partial charge < -0.3 is 10.6 Å². The third kappa shape index (κ3) is 5.99. The molecule has 2 rings (SSSR count). The fraction of sp³-hybridized carbons (Fsp3) is 0.300. The van der Waals surface area contributed by atoms with Crippen LogP contribution in [0.15, 0.2) is 48.5 Å². The molecule has 0 aliphatic heterocycles. The number of hydrogen-bond donors (Lipinski definition) is 2. The Kier molecular flexibility index (Phi) is 7.45. The Bertz CT molecular complexity index is 840. The maximum Gasteiger partial charge on any atom is 0.416 e. The zero-order valence-electron chi connectivity index (χ0n) is 15.1. The van der Waals surface area contributed by atoms with Crippen molar-refractivity contribution in [1.29, 1.82) is 0 Å². The first-order valence-corrected chi connectivity index (χ1v) is 9.09. The van der Waals surface area contributed by atoms with Crippen LogP contribution in [0, 0.1) is 0 Å². The van der Waals surface area contributed by atoms with Gasteiger partial charge in [-0.25, -0.2) is 0 Å². The van der Waals surface area contributed by atoms with Crippen molar-refractivity contribution in [3.8, 4) is 0 Å². The van der Waals surface area contributed by atoms with Crippen molar-refractivity contribution in [2.24, 2.45) is 0 Å². The second-order valence-corrected chi connectivity index (χ2v) is 6.60. The molecule has 0 spiro atoms. The van der Waals surface area contributed by atoms with Crippen LogP contribution in [0.25, 0.3) is 0 Å². The van der Waals surface area contributed by atoms with E-state index in [0.29, 0.717) is 18.4 Å². The molecule has 2 aromatic carbocycles. The molecule has 1 atom stereocenters. The Hall–Kier alpha value is -2.54. The Labute approximate surface area is 166 Å². The molecule has 0 radical (unpaired) electrons. The molecule has 0 heterocycles. The fourth-order valence-corrected chi connectivity index (χ4v) is 2.91. The summed E-state index contributed by atoms with van der Waals surface area (Å²) in [5.41, 5.74) is -0.171. The number of rotatable bonds is 7. The molecular formula is C20H20ClF3N2O2. The van der Waals surface area contributed by atoms with Gasteiger partial charge in [0, 0.05) is 0 Å². The van der Waals surface area contributed by atoms with Gasteiger partial charge >= 0.3 is 6.18 Å². The van der Waals surface area contributed by atoms with Crippen LogP contribution < -0.4 is 10.6 Å². The van der Waals surface area contributed by atoms with E-state index in [1.54, 1.807) is 18.2 Å². The number of halogens is 4. The standard InChI is InChI=1S/C20H20ClF3N2O2/c1-2-6-17(13-7-5-8-14(11-13)20(22,23)24)26-18(27)12-25-19(28)15-9-3-4-10-16(15)21/h3-5,7-11,17H,2,6,12H2,1H3,(H,25,28)(H,26,27)/t17-/m1/s1. The molecule has 0 saturated heterocycles.